The van der Waals surface area contributed by atoms with Crippen molar-refractivity contribution in [2.45, 2.75) is 39.5 Å². The minimum Gasteiger partial charge on any atom is -0.485 e. The van der Waals surface area contributed by atoms with Crippen LogP contribution in [0, 0.1) is 27.7 Å². The molecule has 0 unspecified atom stereocenters. The number of aromatic nitrogens is 4. The minimum atomic E-state index is 0.0826. The molecule has 0 spiro atoms. The van der Waals surface area contributed by atoms with E-state index in [1.165, 1.54) is 11.8 Å². The zero-order valence-electron chi connectivity index (χ0n) is 16.3. The van der Waals surface area contributed by atoms with E-state index >= 15 is 0 Å². The number of carbonyl (C=O) groups excluding carboxylic acids is 1. The number of hydrogen-bond donors (Lipinski definition) is 1. The highest BCUT2D eigenvalue weighted by Crippen LogP contribution is 2.21. The van der Waals surface area contributed by atoms with Crippen LogP contribution in [0.5, 0.6) is 5.75 Å². The molecule has 0 amide bonds. The molecule has 1 N–H and O–H groups in total. The van der Waals surface area contributed by atoms with Crippen molar-refractivity contribution < 1.29 is 9.53 Å². The van der Waals surface area contributed by atoms with Crippen molar-refractivity contribution in [2.24, 2.45) is 7.05 Å². The van der Waals surface area contributed by atoms with E-state index in [-0.39, 0.29) is 5.78 Å². The van der Waals surface area contributed by atoms with Crippen LogP contribution in [0.1, 0.15) is 38.7 Å². The largest absolute Gasteiger partial charge is 0.485 e. The van der Waals surface area contributed by atoms with Crippen molar-refractivity contribution in [3.05, 3.63) is 58.2 Å². The molecule has 2 aromatic heterocycles. The number of benzene rings is 1. The average molecular weight is 385 g/mol. The molecule has 0 aliphatic rings. The summed E-state index contributed by atoms with van der Waals surface area (Å²) >= 11 is 1.33. The van der Waals surface area contributed by atoms with Crippen LogP contribution in [0.15, 0.2) is 29.4 Å². The summed E-state index contributed by atoms with van der Waals surface area (Å²) < 4.78 is 7.85. The minimum absolute atomic E-state index is 0.0826. The number of aromatic amines is 1. The van der Waals surface area contributed by atoms with E-state index in [0.717, 1.165) is 33.8 Å². The van der Waals surface area contributed by atoms with Crippen LogP contribution in [0.25, 0.3) is 0 Å². The monoisotopic (exact) mass is 384 g/mol. The van der Waals surface area contributed by atoms with Crippen molar-refractivity contribution >= 4 is 17.5 Å². The number of ether oxygens (including phenoxy) is 1. The highest BCUT2D eigenvalue weighted by atomic mass is 32.2. The number of rotatable bonds is 7. The lowest BCUT2D eigenvalue weighted by Gasteiger charge is -2.08. The summed E-state index contributed by atoms with van der Waals surface area (Å²) in [6, 6.07) is 8.02. The van der Waals surface area contributed by atoms with E-state index in [9.17, 15) is 4.79 Å². The van der Waals surface area contributed by atoms with Gasteiger partial charge in [-0.3, -0.25) is 9.89 Å². The van der Waals surface area contributed by atoms with E-state index in [2.05, 4.69) is 21.2 Å². The molecule has 0 fully saturated rings. The fourth-order valence-corrected chi connectivity index (χ4v) is 3.46. The second-order valence-corrected chi connectivity index (χ2v) is 7.62. The van der Waals surface area contributed by atoms with Gasteiger partial charge in [-0.1, -0.05) is 23.9 Å². The number of thioether (sulfide) groups is 1. The number of Topliss-reactive ketones (excluding diaryl/α,β-unsaturated/α-hetero) is 1. The maximum Gasteiger partial charge on any atom is 0.208 e. The maximum absolute atomic E-state index is 12.5. The summed E-state index contributed by atoms with van der Waals surface area (Å²) in [6.45, 7) is 8.30. The number of carbonyl (C=O) groups is 1. The molecule has 0 bridgehead atoms. The summed E-state index contributed by atoms with van der Waals surface area (Å²) in [7, 11) is 1.96. The maximum atomic E-state index is 12.5. The van der Waals surface area contributed by atoms with Crippen LogP contribution in [0.4, 0.5) is 0 Å². The van der Waals surface area contributed by atoms with Gasteiger partial charge in [0.1, 0.15) is 12.4 Å². The van der Waals surface area contributed by atoms with Gasteiger partial charge >= 0.3 is 0 Å². The normalized spacial score (nSPS) is 11.0. The van der Waals surface area contributed by atoms with Gasteiger partial charge in [0.25, 0.3) is 0 Å². The fraction of sp³-hybridized carbons (Fsp3) is 0.350. The topological polar surface area (TPSA) is 72.8 Å². The van der Waals surface area contributed by atoms with Crippen molar-refractivity contribution in [2.75, 3.05) is 5.75 Å². The highest BCUT2D eigenvalue weighted by Gasteiger charge is 2.15. The molecule has 27 heavy (non-hydrogen) atoms. The Morgan fingerprint density at radius 3 is 2.70 bits per heavy atom. The lowest BCUT2D eigenvalue weighted by molar-refractivity contribution is 0.102. The second-order valence-electron chi connectivity index (χ2n) is 6.68. The quantitative estimate of drug-likeness (QED) is 0.493. The van der Waals surface area contributed by atoms with Gasteiger partial charge in [0.15, 0.2) is 11.6 Å². The molecule has 2 heterocycles. The highest BCUT2D eigenvalue weighted by molar-refractivity contribution is 7.99. The van der Waals surface area contributed by atoms with Gasteiger partial charge in [-0.25, -0.2) is 4.98 Å². The lowest BCUT2D eigenvalue weighted by Crippen LogP contribution is -2.04. The number of nitrogens with zero attached hydrogens (tertiary/aromatic N) is 3. The van der Waals surface area contributed by atoms with Crippen LogP contribution in [-0.4, -0.2) is 31.3 Å². The van der Waals surface area contributed by atoms with Crippen LogP contribution >= 0.6 is 11.8 Å². The molecule has 0 saturated heterocycles. The van der Waals surface area contributed by atoms with Crippen LogP contribution in [0.2, 0.25) is 0 Å². The van der Waals surface area contributed by atoms with E-state index < -0.39 is 0 Å². The summed E-state index contributed by atoms with van der Waals surface area (Å²) in [5, 5.41) is 7.59. The Morgan fingerprint density at radius 2 is 2.00 bits per heavy atom. The standard InChI is InChI=1S/C20H24N4O2S/c1-12-6-7-13(2)18(8-12)26-10-19-21-20(23-22-19)27-11-17(25)16-9-14(3)24(5)15(16)4/h6-9H,10-11H2,1-5H3,(H,21,22,23). The predicted molar refractivity (Wildman–Crippen MR) is 107 cm³/mol. The third-order valence-electron chi connectivity index (χ3n) is 4.63. The Morgan fingerprint density at radius 1 is 1.22 bits per heavy atom. The van der Waals surface area contributed by atoms with Gasteiger partial charge in [-0.05, 0) is 51.0 Å². The van der Waals surface area contributed by atoms with Gasteiger partial charge in [0, 0.05) is 24.0 Å². The van der Waals surface area contributed by atoms with Crippen LogP contribution in [0.3, 0.4) is 0 Å². The van der Waals surface area contributed by atoms with Gasteiger partial charge in [-0.15, -0.1) is 5.10 Å². The lowest BCUT2D eigenvalue weighted by atomic mass is 10.1. The summed E-state index contributed by atoms with van der Waals surface area (Å²) in [5.74, 6) is 1.86. The molecular formula is C20H24N4O2S. The molecular weight excluding hydrogens is 360 g/mol. The van der Waals surface area contributed by atoms with E-state index in [0.29, 0.717) is 23.3 Å². The first-order chi connectivity index (χ1) is 12.8. The van der Waals surface area contributed by atoms with Gasteiger partial charge in [0.2, 0.25) is 5.16 Å². The number of hydrogen-bond acceptors (Lipinski definition) is 5. The van der Waals surface area contributed by atoms with Crippen LogP contribution < -0.4 is 4.74 Å². The fourth-order valence-electron chi connectivity index (χ4n) is 2.76. The van der Waals surface area contributed by atoms with E-state index in [4.69, 9.17) is 4.74 Å². The zero-order chi connectivity index (χ0) is 19.6. The number of ketones is 1. The molecule has 0 atom stereocenters. The molecule has 142 valence electrons. The van der Waals surface area contributed by atoms with Crippen LogP contribution in [-0.2, 0) is 13.7 Å². The van der Waals surface area contributed by atoms with Gasteiger partial charge < -0.3 is 9.30 Å². The predicted octanol–water partition coefficient (Wildman–Crippen LogP) is 3.93. The second kappa shape index (κ2) is 8.00. The Hall–Kier alpha value is -2.54. The SMILES string of the molecule is Cc1ccc(C)c(OCc2nc(SCC(=O)c3cc(C)n(C)c3C)n[nH]2)c1. The summed E-state index contributed by atoms with van der Waals surface area (Å²) in [6.07, 6.45) is 0. The summed E-state index contributed by atoms with van der Waals surface area (Å²) in [5.41, 5.74) is 5.04. The number of nitrogens with one attached hydrogen (secondary N) is 1. The number of aryl methyl sites for hydroxylation is 3. The van der Waals surface area contributed by atoms with Gasteiger partial charge in [0.05, 0.1) is 5.75 Å². The van der Waals surface area contributed by atoms with Crippen molar-refractivity contribution in [1.29, 1.82) is 0 Å². The molecule has 0 aliphatic carbocycles. The first-order valence-corrected chi connectivity index (χ1v) is 9.74. The first-order valence-electron chi connectivity index (χ1n) is 8.75. The first kappa shape index (κ1) is 19.2. The Balaban J connectivity index is 1.57. The molecule has 3 rings (SSSR count). The molecule has 0 aliphatic heterocycles. The Bertz CT molecular complexity index is 975. The average Bonchev–Trinajstić information content (AvgIpc) is 3.20. The molecule has 0 saturated carbocycles. The van der Waals surface area contributed by atoms with Gasteiger partial charge in [-0.2, -0.15) is 0 Å². The third kappa shape index (κ3) is 4.42. The van der Waals surface area contributed by atoms with E-state index in [1.807, 2.05) is 57.5 Å². The Kier molecular flexibility index (Phi) is 5.70. The summed E-state index contributed by atoms with van der Waals surface area (Å²) in [4.78, 5) is 16.9. The van der Waals surface area contributed by atoms with E-state index in [1.54, 1.807) is 0 Å². The van der Waals surface area contributed by atoms with Crippen molar-refractivity contribution in [3.63, 3.8) is 0 Å². The number of H-pyrrole nitrogens is 1. The molecule has 7 heteroatoms. The van der Waals surface area contributed by atoms with Crippen molar-refractivity contribution in [3.8, 4) is 5.75 Å². The Labute approximate surface area is 163 Å². The third-order valence-corrected chi connectivity index (χ3v) is 5.47. The van der Waals surface area contributed by atoms with Crippen molar-refractivity contribution in [1.82, 2.24) is 19.7 Å². The molecule has 6 nitrogen and oxygen atoms in total. The molecule has 1 aromatic carbocycles. The zero-order valence-corrected chi connectivity index (χ0v) is 17.1. The molecule has 0 radical (unpaired) electrons. The smallest absolute Gasteiger partial charge is 0.208 e. The molecule has 3 aromatic rings.